The second-order valence-corrected chi connectivity index (χ2v) is 7.24. The van der Waals surface area contributed by atoms with E-state index in [2.05, 4.69) is 21.0 Å². The van der Waals surface area contributed by atoms with E-state index in [4.69, 9.17) is 9.47 Å². The van der Waals surface area contributed by atoms with Gasteiger partial charge in [0.2, 0.25) is 5.91 Å². The number of carbonyl (C=O) groups excluding carboxylic acids is 2. The minimum Gasteiger partial charge on any atom is -0.497 e. The number of aryl methyl sites for hydroxylation is 1. The number of nitrogens with zero attached hydrogens (tertiary/aromatic N) is 3. The third-order valence-corrected chi connectivity index (χ3v) is 5.28. The van der Waals surface area contributed by atoms with E-state index in [1.54, 1.807) is 31.4 Å². The Morgan fingerprint density at radius 1 is 1.29 bits per heavy atom. The lowest BCUT2D eigenvalue weighted by Gasteiger charge is -2.13. The summed E-state index contributed by atoms with van der Waals surface area (Å²) in [6.45, 7) is 3.34. The minimum atomic E-state index is -0.404. The van der Waals surface area contributed by atoms with Gasteiger partial charge in [-0.2, -0.15) is 0 Å². The first kappa shape index (κ1) is 20.2. The zero-order valence-corrected chi connectivity index (χ0v) is 16.6. The van der Waals surface area contributed by atoms with Gasteiger partial charge in [-0.05, 0) is 44.0 Å². The van der Waals surface area contributed by atoms with Gasteiger partial charge in [-0.3, -0.25) is 20.4 Å². The Hall–Kier alpha value is -2.59. The molecule has 2 amide bonds. The van der Waals surface area contributed by atoms with Gasteiger partial charge in [0.25, 0.3) is 5.91 Å². The van der Waals surface area contributed by atoms with Crippen molar-refractivity contribution in [2.45, 2.75) is 37.6 Å². The molecule has 2 N–H and O–H groups in total. The van der Waals surface area contributed by atoms with Crippen LogP contribution in [0.4, 0.5) is 0 Å². The van der Waals surface area contributed by atoms with E-state index < -0.39 is 5.91 Å². The summed E-state index contributed by atoms with van der Waals surface area (Å²) in [5.74, 6) is 0.798. The largest absolute Gasteiger partial charge is 0.497 e. The van der Waals surface area contributed by atoms with Gasteiger partial charge in [0.1, 0.15) is 11.6 Å². The van der Waals surface area contributed by atoms with Crippen LogP contribution in [0.5, 0.6) is 5.75 Å². The van der Waals surface area contributed by atoms with Crippen LogP contribution in [0.2, 0.25) is 0 Å². The zero-order chi connectivity index (χ0) is 19.9. The summed E-state index contributed by atoms with van der Waals surface area (Å²) in [6, 6.07) is 6.59. The topological polar surface area (TPSA) is 107 Å². The highest BCUT2D eigenvalue weighted by Crippen LogP contribution is 2.20. The SMILES string of the molecule is COc1ccc(C(=O)NNC(=O)CSc2nnc(C)n2C[C@H]2CCCO2)cc1. The normalized spacial score (nSPS) is 16.0. The van der Waals surface area contributed by atoms with Crippen molar-refractivity contribution in [2.75, 3.05) is 19.5 Å². The number of amides is 2. The minimum absolute atomic E-state index is 0.104. The van der Waals surface area contributed by atoms with Crippen LogP contribution in [-0.2, 0) is 16.1 Å². The number of carbonyl (C=O) groups is 2. The van der Waals surface area contributed by atoms with Crippen molar-refractivity contribution < 1.29 is 19.1 Å². The van der Waals surface area contributed by atoms with Gasteiger partial charge in [-0.25, -0.2) is 0 Å². The van der Waals surface area contributed by atoms with E-state index in [0.29, 0.717) is 23.0 Å². The van der Waals surface area contributed by atoms with Crippen molar-refractivity contribution in [3.8, 4) is 5.75 Å². The van der Waals surface area contributed by atoms with Gasteiger partial charge in [0.15, 0.2) is 5.16 Å². The van der Waals surface area contributed by atoms with E-state index >= 15 is 0 Å². The van der Waals surface area contributed by atoms with E-state index in [0.717, 1.165) is 25.3 Å². The smallest absolute Gasteiger partial charge is 0.269 e. The lowest BCUT2D eigenvalue weighted by Crippen LogP contribution is -2.42. The quantitative estimate of drug-likeness (QED) is 0.528. The van der Waals surface area contributed by atoms with Gasteiger partial charge >= 0.3 is 0 Å². The number of nitrogens with one attached hydrogen (secondary N) is 2. The number of benzene rings is 1. The maximum atomic E-state index is 12.1. The maximum Gasteiger partial charge on any atom is 0.269 e. The highest BCUT2D eigenvalue weighted by atomic mass is 32.2. The van der Waals surface area contributed by atoms with Crippen LogP contribution in [0.25, 0.3) is 0 Å². The number of hydrogen-bond acceptors (Lipinski definition) is 7. The number of methoxy groups -OCH3 is 1. The summed E-state index contributed by atoms with van der Waals surface area (Å²) in [5.41, 5.74) is 5.22. The fourth-order valence-corrected chi connectivity index (χ4v) is 3.57. The number of hydrogen-bond donors (Lipinski definition) is 2. The molecule has 0 bridgehead atoms. The third kappa shape index (κ3) is 5.23. The van der Waals surface area contributed by atoms with Crippen molar-refractivity contribution in [1.82, 2.24) is 25.6 Å². The van der Waals surface area contributed by atoms with Crippen molar-refractivity contribution in [1.29, 1.82) is 0 Å². The Morgan fingerprint density at radius 2 is 2.07 bits per heavy atom. The van der Waals surface area contributed by atoms with E-state index in [9.17, 15) is 9.59 Å². The molecule has 0 spiro atoms. The monoisotopic (exact) mass is 405 g/mol. The van der Waals surface area contributed by atoms with Crippen LogP contribution in [0.3, 0.4) is 0 Å². The van der Waals surface area contributed by atoms with Gasteiger partial charge in [0, 0.05) is 12.2 Å². The van der Waals surface area contributed by atoms with Crippen molar-refractivity contribution in [3.63, 3.8) is 0 Å². The molecule has 10 heteroatoms. The Kier molecular flexibility index (Phi) is 6.88. The molecule has 3 rings (SSSR count). The predicted octanol–water partition coefficient (Wildman–Crippen LogP) is 1.33. The number of hydrazine groups is 1. The Bertz CT molecular complexity index is 818. The molecular formula is C18H23N5O4S. The molecule has 1 aromatic carbocycles. The predicted molar refractivity (Wildman–Crippen MR) is 103 cm³/mol. The molecular weight excluding hydrogens is 382 g/mol. The van der Waals surface area contributed by atoms with Gasteiger partial charge in [-0.1, -0.05) is 11.8 Å². The molecule has 0 aliphatic carbocycles. The average molecular weight is 405 g/mol. The molecule has 0 unspecified atom stereocenters. The molecule has 1 aliphatic rings. The molecule has 28 heavy (non-hydrogen) atoms. The van der Waals surface area contributed by atoms with Crippen LogP contribution in [0, 0.1) is 6.92 Å². The molecule has 1 aliphatic heterocycles. The van der Waals surface area contributed by atoms with Gasteiger partial charge in [0.05, 0.1) is 25.5 Å². The summed E-state index contributed by atoms with van der Waals surface area (Å²) in [7, 11) is 1.55. The fourth-order valence-electron chi connectivity index (χ4n) is 2.78. The van der Waals surface area contributed by atoms with Gasteiger partial charge in [-0.15, -0.1) is 10.2 Å². The molecule has 1 saturated heterocycles. The summed E-state index contributed by atoms with van der Waals surface area (Å²) in [4.78, 5) is 24.1. The summed E-state index contributed by atoms with van der Waals surface area (Å²) in [6.07, 6.45) is 2.23. The second kappa shape index (κ2) is 9.56. The summed E-state index contributed by atoms with van der Waals surface area (Å²) >= 11 is 1.27. The van der Waals surface area contributed by atoms with E-state index in [1.165, 1.54) is 11.8 Å². The average Bonchev–Trinajstić information content (AvgIpc) is 3.35. The molecule has 2 heterocycles. The Balaban J connectivity index is 1.47. The molecule has 1 fully saturated rings. The van der Waals surface area contributed by atoms with Crippen molar-refractivity contribution >= 4 is 23.6 Å². The maximum absolute atomic E-state index is 12.1. The van der Waals surface area contributed by atoms with Crippen molar-refractivity contribution in [2.24, 2.45) is 0 Å². The van der Waals surface area contributed by atoms with E-state index in [1.807, 2.05) is 11.5 Å². The molecule has 150 valence electrons. The molecule has 0 radical (unpaired) electrons. The van der Waals surface area contributed by atoms with Crippen LogP contribution in [-0.4, -0.2) is 52.2 Å². The first-order valence-electron chi connectivity index (χ1n) is 8.94. The van der Waals surface area contributed by atoms with Crippen LogP contribution < -0.4 is 15.6 Å². The zero-order valence-electron chi connectivity index (χ0n) is 15.8. The van der Waals surface area contributed by atoms with Crippen molar-refractivity contribution in [3.05, 3.63) is 35.7 Å². The number of thioether (sulfide) groups is 1. The van der Waals surface area contributed by atoms with Crippen LogP contribution in [0.1, 0.15) is 29.0 Å². The molecule has 1 atom stereocenters. The molecule has 2 aromatic rings. The number of aromatic nitrogens is 3. The summed E-state index contributed by atoms with van der Waals surface area (Å²) < 4.78 is 12.7. The second-order valence-electron chi connectivity index (χ2n) is 6.29. The van der Waals surface area contributed by atoms with Crippen LogP contribution in [0.15, 0.2) is 29.4 Å². The number of rotatable bonds is 7. The standard InChI is InChI=1S/C18H23N5O4S/c1-12-19-22-18(23(12)10-15-4-3-9-27-15)28-11-16(24)20-21-17(25)13-5-7-14(26-2)8-6-13/h5-8,15H,3-4,9-11H2,1-2H3,(H,20,24)(H,21,25)/t15-/m1/s1. The highest BCUT2D eigenvalue weighted by molar-refractivity contribution is 7.99. The van der Waals surface area contributed by atoms with E-state index in [-0.39, 0.29) is 17.8 Å². The lowest BCUT2D eigenvalue weighted by atomic mass is 10.2. The molecule has 9 nitrogen and oxygen atoms in total. The Morgan fingerprint density at radius 3 is 2.75 bits per heavy atom. The third-order valence-electron chi connectivity index (χ3n) is 4.31. The lowest BCUT2D eigenvalue weighted by molar-refractivity contribution is -0.119. The highest BCUT2D eigenvalue weighted by Gasteiger charge is 2.20. The molecule has 0 saturated carbocycles. The molecule has 1 aromatic heterocycles. The van der Waals surface area contributed by atoms with Gasteiger partial charge < -0.3 is 14.0 Å². The Labute approximate surface area is 167 Å². The first-order chi connectivity index (χ1) is 13.6. The number of ether oxygens (including phenoxy) is 2. The van der Waals surface area contributed by atoms with Crippen LogP contribution >= 0.6 is 11.8 Å². The summed E-state index contributed by atoms with van der Waals surface area (Å²) in [5, 5.41) is 8.88. The first-order valence-corrected chi connectivity index (χ1v) is 9.93. The fraction of sp³-hybridized carbons (Fsp3) is 0.444.